The van der Waals surface area contributed by atoms with Crippen LogP contribution >= 0.6 is 11.3 Å². The number of nitrogens with one attached hydrogen (secondary N) is 1. The second kappa shape index (κ2) is 7.02. The Bertz CT molecular complexity index is 494. The topological polar surface area (TPSA) is 83.5 Å². The zero-order chi connectivity index (χ0) is 14.5. The van der Waals surface area contributed by atoms with Crippen LogP contribution in [0.3, 0.4) is 0 Å². The van der Waals surface area contributed by atoms with Crippen LogP contribution in [-0.4, -0.2) is 31.3 Å². The highest BCUT2D eigenvalue weighted by Crippen LogP contribution is 2.11. The Kier molecular flexibility index (Phi) is 5.96. The molecule has 0 aromatic carbocycles. The minimum atomic E-state index is -3.57. The van der Waals surface area contributed by atoms with E-state index in [1.54, 1.807) is 0 Å². The molecule has 5 nitrogen and oxygen atoms in total. The Morgan fingerprint density at radius 1 is 1.47 bits per heavy atom. The highest BCUT2D eigenvalue weighted by molar-refractivity contribution is 7.89. The van der Waals surface area contributed by atoms with Crippen LogP contribution in [0.25, 0.3) is 0 Å². The fourth-order valence-electron chi connectivity index (χ4n) is 1.64. The molecular formula is C12H19NO4S2. The summed E-state index contributed by atoms with van der Waals surface area (Å²) in [7, 11) is -3.57. The molecule has 0 saturated carbocycles. The summed E-state index contributed by atoms with van der Waals surface area (Å²) < 4.78 is 26.0. The minimum absolute atomic E-state index is 0.0879. The van der Waals surface area contributed by atoms with Gasteiger partial charge in [0, 0.05) is 4.88 Å². The maximum absolute atomic E-state index is 11.9. The van der Waals surface area contributed by atoms with Gasteiger partial charge in [-0.15, -0.1) is 11.3 Å². The maximum Gasteiger partial charge on any atom is 0.321 e. The number of hydrogen-bond donors (Lipinski definition) is 2. The third kappa shape index (κ3) is 6.17. The molecule has 19 heavy (non-hydrogen) atoms. The fourth-order valence-corrected chi connectivity index (χ4v) is 3.71. The van der Waals surface area contributed by atoms with Crippen molar-refractivity contribution in [1.82, 2.24) is 4.72 Å². The van der Waals surface area contributed by atoms with Crippen LogP contribution in [-0.2, 0) is 21.2 Å². The summed E-state index contributed by atoms with van der Waals surface area (Å²) >= 11 is 1.49. The molecule has 1 aromatic heterocycles. The summed E-state index contributed by atoms with van der Waals surface area (Å²) in [6.07, 6.45) is 0.689. The van der Waals surface area contributed by atoms with Gasteiger partial charge in [-0.05, 0) is 30.2 Å². The van der Waals surface area contributed by atoms with E-state index < -0.39 is 22.0 Å². The standard InChI is InChI=1S/C12H19NO4S2/c1-9(2)8-11(12(14)15)13-19(16,17)7-5-10-4-3-6-18-10/h3-4,6,9,11,13H,5,7-8H2,1-2H3,(H,14,15)/t11-/m1/s1. The number of aryl methyl sites for hydroxylation is 1. The molecule has 0 aliphatic rings. The smallest absolute Gasteiger partial charge is 0.321 e. The quantitative estimate of drug-likeness (QED) is 0.766. The molecular weight excluding hydrogens is 286 g/mol. The first-order valence-electron chi connectivity index (χ1n) is 6.05. The van der Waals surface area contributed by atoms with Crippen LogP contribution in [0.15, 0.2) is 17.5 Å². The number of carbonyl (C=O) groups is 1. The van der Waals surface area contributed by atoms with E-state index in [0.717, 1.165) is 4.88 Å². The molecule has 0 aliphatic carbocycles. The molecule has 1 heterocycles. The van der Waals surface area contributed by atoms with Crippen molar-refractivity contribution in [3.8, 4) is 0 Å². The second-order valence-electron chi connectivity index (χ2n) is 4.79. The SMILES string of the molecule is CC(C)C[C@@H](NS(=O)(=O)CCc1cccs1)C(=O)O. The number of carboxylic acids is 1. The van der Waals surface area contributed by atoms with Gasteiger partial charge in [0.2, 0.25) is 10.0 Å². The van der Waals surface area contributed by atoms with Crippen LogP contribution in [0.4, 0.5) is 0 Å². The average Bonchev–Trinajstić information content (AvgIpc) is 2.77. The van der Waals surface area contributed by atoms with E-state index in [9.17, 15) is 13.2 Å². The first-order valence-corrected chi connectivity index (χ1v) is 8.58. The van der Waals surface area contributed by atoms with Crippen molar-refractivity contribution in [3.05, 3.63) is 22.4 Å². The number of hydrogen-bond acceptors (Lipinski definition) is 4. The molecule has 0 aliphatic heterocycles. The van der Waals surface area contributed by atoms with Gasteiger partial charge in [-0.25, -0.2) is 13.1 Å². The van der Waals surface area contributed by atoms with E-state index in [1.165, 1.54) is 11.3 Å². The van der Waals surface area contributed by atoms with E-state index in [1.807, 2.05) is 31.4 Å². The van der Waals surface area contributed by atoms with Crippen molar-refractivity contribution in [3.63, 3.8) is 0 Å². The van der Waals surface area contributed by atoms with Crippen LogP contribution in [0.1, 0.15) is 25.1 Å². The van der Waals surface area contributed by atoms with Gasteiger partial charge in [0.05, 0.1) is 5.75 Å². The number of thiophene rings is 1. The lowest BCUT2D eigenvalue weighted by molar-refractivity contribution is -0.139. The Morgan fingerprint density at radius 2 is 2.16 bits per heavy atom. The lowest BCUT2D eigenvalue weighted by Crippen LogP contribution is -2.42. The Balaban J connectivity index is 2.58. The molecule has 108 valence electrons. The molecule has 0 amide bonds. The number of aliphatic carboxylic acids is 1. The van der Waals surface area contributed by atoms with E-state index in [2.05, 4.69) is 4.72 Å². The average molecular weight is 305 g/mol. The van der Waals surface area contributed by atoms with E-state index in [-0.39, 0.29) is 18.1 Å². The van der Waals surface area contributed by atoms with Crippen molar-refractivity contribution in [2.75, 3.05) is 5.75 Å². The zero-order valence-corrected chi connectivity index (χ0v) is 12.6. The summed E-state index contributed by atoms with van der Waals surface area (Å²) in [5, 5.41) is 10.9. The van der Waals surface area contributed by atoms with Crippen LogP contribution < -0.4 is 4.72 Å². The van der Waals surface area contributed by atoms with E-state index in [4.69, 9.17) is 5.11 Å². The molecule has 1 atom stereocenters. The van der Waals surface area contributed by atoms with Gasteiger partial charge in [-0.1, -0.05) is 19.9 Å². The van der Waals surface area contributed by atoms with Crippen molar-refractivity contribution < 1.29 is 18.3 Å². The lowest BCUT2D eigenvalue weighted by Gasteiger charge is -2.16. The summed E-state index contributed by atoms with van der Waals surface area (Å²) in [6, 6.07) is 2.68. The Labute approximate surface area is 117 Å². The second-order valence-corrected chi connectivity index (χ2v) is 7.69. The first kappa shape index (κ1) is 16.1. The van der Waals surface area contributed by atoms with E-state index >= 15 is 0 Å². The largest absolute Gasteiger partial charge is 0.480 e. The van der Waals surface area contributed by atoms with Gasteiger partial charge in [-0.3, -0.25) is 4.79 Å². The predicted octanol–water partition coefficient (Wildman–Crippen LogP) is 1.71. The highest BCUT2D eigenvalue weighted by Gasteiger charge is 2.24. The van der Waals surface area contributed by atoms with Crippen molar-refractivity contribution in [2.45, 2.75) is 32.7 Å². The molecule has 0 fully saturated rings. The van der Waals surface area contributed by atoms with Crippen LogP contribution in [0, 0.1) is 5.92 Å². The number of rotatable bonds is 8. The highest BCUT2D eigenvalue weighted by atomic mass is 32.2. The number of carboxylic acid groups (broad SMARTS) is 1. The monoisotopic (exact) mass is 305 g/mol. The van der Waals surface area contributed by atoms with Gasteiger partial charge >= 0.3 is 5.97 Å². The predicted molar refractivity (Wildman–Crippen MR) is 75.8 cm³/mol. The van der Waals surface area contributed by atoms with Gasteiger partial charge in [0.25, 0.3) is 0 Å². The van der Waals surface area contributed by atoms with Crippen molar-refractivity contribution in [2.24, 2.45) is 5.92 Å². The molecule has 0 radical (unpaired) electrons. The zero-order valence-electron chi connectivity index (χ0n) is 11.0. The summed E-state index contributed by atoms with van der Waals surface area (Å²) in [5.41, 5.74) is 0. The van der Waals surface area contributed by atoms with Gasteiger partial charge in [-0.2, -0.15) is 0 Å². The minimum Gasteiger partial charge on any atom is -0.480 e. The normalized spacial score (nSPS) is 13.6. The van der Waals surface area contributed by atoms with Crippen molar-refractivity contribution in [1.29, 1.82) is 0 Å². The molecule has 1 aromatic rings. The molecule has 0 spiro atoms. The first-order chi connectivity index (χ1) is 8.80. The number of sulfonamides is 1. The summed E-state index contributed by atoms with van der Waals surface area (Å²) in [6.45, 7) is 3.71. The van der Waals surface area contributed by atoms with Gasteiger partial charge in [0.1, 0.15) is 6.04 Å². The van der Waals surface area contributed by atoms with Crippen LogP contribution in [0.5, 0.6) is 0 Å². The third-order valence-corrected chi connectivity index (χ3v) is 4.85. The molecule has 7 heteroatoms. The van der Waals surface area contributed by atoms with Gasteiger partial charge in [0.15, 0.2) is 0 Å². The van der Waals surface area contributed by atoms with Gasteiger partial charge < -0.3 is 5.11 Å². The molecule has 0 bridgehead atoms. The van der Waals surface area contributed by atoms with Crippen molar-refractivity contribution >= 4 is 27.3 Å². The Morgan fingerprint density at radius 3 is 2.63 bits per heavy atom. The fraction of sp³-hybridized carbons (Fsp3) is 0.583. The molecule has 0 unspecified atom stereocenters. The molecule has 0 saturated heterocycles. The lowest BCUT2D eigenvalue weighted by atomic mass is 10.1. The van der Waals surface area contributed by atoms with E-state index in [0.29, 0.717) is 6.42 Å². The third-order valence-electron chi connectivity index (χ3n) is 2.52. The maximum atomic E-state index is 11.9. The molecule has 1 rings (SSSR count). The summed E-state index contributed by atoms with van der Waals surface area (Å²) in [4.78, 5) is 12.0. The Hall–Kier alpha value is -0.920. The van der Waals surface area contributed by atoms with Crippen LogP contribution in [0.2, 0.25) is 0 Å². The summed E-state index contributed by atoms with van der Waals surface area (Å²) in [5.74, 6) is -1.11. The molecule has 2 N–H and O–H groups in total.